The van der Waals surface area contributed by atoms with Crippen molar-refractivity contribution >= 4 is 21.9 Å². The van der Waals surface area contributed by atoms with Crippen LogP contribution >= 0.6 is 0 Å². The van der Waals surface area contributed by atoms with Gasteiger partial charge in [-0.3, -0.25) is 4.90 Å². The minimum absolute atomic E-state index is 0.0651. The number of pyridine rings is 2. The molecule has 0 unspecified atom stereocenters. The number of rotatable bonds is 3. The van der Waals surface area contributed by atoms with E-state index in [-0.39, 0.29) is 12.8 Å². The van der Waals surface area contributed by atoms with Gasteiger partial charge < -0.3 is 4.98 Å². The first-order valence-corrected chi connectivity index (χ1v) is 9.88. The third kappa shape index (κ3) is 3.51. The van der Waals surface area contributed by atoms with Crippen molar-refractivity contribution < 1.29 is 8.78 Å². The molecular formula is C23H19F2N5. The number of hydrogen-bond acceptors (Lipinski definition) is 4. The van der Waals surface area contributed by atoms with Gasteiger partial charge in [-0.15, -0.1) is 0 Å². The molecule has 30 heavy (non-hydrogen) atoms. The van der Waals surface area contributed by atoms with Gasteiger partial charge in [0, 0.05) is 55.0 Å². The van der Waals surface area contributed by atoms with Crippen LogP contribution in [0.25, 0.3) is 33.1 Å². The highest BCUT2D eigenvalue weighted by molar-refractivity contribution is 6.06. The molecule has 1 saturated heterocycles. The molecule has 1 aliphatic rings. The first-order chi connectivity index (χ1) is 14.5. The maximum Gasteiger partial charge on any atom is 0.250 e. The van der Waals surface area contributed by atoms with E-state index in [2.05, 4.69) is 32.0 Å². The van der Waals surface area contributed by atoms with Gasteiger partial charge in [0.2, 0.25) is 0 Å². The van der Waals surface area contributed by atoms with Gasteiger partial charge in [-0.1, -0.05) is 24.3 Å². The van der Waals surface area contributed by atoms with Crippen LogP contribution in [0.15, 0.2) is 48.8 Å². The van der Waals surface area contributed by atoms with Crippen LogP contribution in [0.5, 0.6) is 0 Å². The highest BCUT2D eigenvalue weighted by atomic mass is 19.3. The highest BCUT2D eigenvalue weighted by Gasteiger charge is 2.33. The van der Waals surface area contributed by atoms with Gasteiger partial charge in [0.1, 0.15) is 17.4 Å². The van der Waals surface area contributed by atoms with Gasteiger partial charge in [0.05, 0.1) is 11.7 Å². The summed E-state index contributed by atoms with van der Waals surface area (Å²) in [5, 5.41) is 11.0. The molecule has 0 bridgehead atoms. The second-order valence-corrected chi connectivity index (χ2v) is 7.80. The molecule has 5 nitrogen and oxygen atoms in total. The topological polar surface area (TPSA) is 68.6 Å². The number of piperidine rings is 1. The Morgan fingerprint density at radius 1 is 1.00 bits per heavy atom. The lowest BCUT2D eigenvalue weighted by atomic mass is 10.0. The Bertz CT molecular complexity index is 1260. The minimum atomic E-state index is -2.52. The van der Waals surface area contributed by atoms with Crippen molar-refractivity contribution in [2.75, 3.05) is 13.1 Å². The van der Waals surface area contributed by atoms with Gasteiger partial charge in [-0.05, 0) is 23.3 Å². The van der Waals surface area contributed by atoms with Gasteiger partial charge in [0.15, 0.2) is 0 Å². The first-order valence-electron chi connectivity index (χ1n) is 9.88. The first kappa shape index (κ1) is 18.6. The summed E-state index contributed by atoms with van der Waals surface area (Å²) >= 11 is 0. The Labute approximate surface area is 172 Å². The fourth-order valence-electron chi connectivity index (χ4n) is 3.99. The van der Waals surface area contributed by atoms with E-state index in [0.717, 1.165) is 38.6 Å². The van der Waals surface area contributed by atoms with Gasteiger partial charge in [0.25, 0.3) is 5.92 Å². The van der Waals surface area contributed by atoms with E-state index in [0.29, 0.717) is 25.3 Å². The van der Waals surface area contributed by atoms with E-state index < -0.39 is 5.92 Å². The number of aromatic amines is 1. The number of hydrogen-bond donors (Lipinski definition) is 1. The van der Waals surface area contributed by atoms with Gasteiger partial charge >= 0.3 is 0 Å². The van der Waals surface area contributed by atoms with Crippen LogP contribution in [0.2, 0.25) is 0 Å². The Morgan fingerprint density at radius 3 is 2.50 bits per heavy atom. The molecule has 5 rings (SSSR count). The number of likely N-dealkylation sites (tertiary alicyclic amines) is 1. The molecule has 3 aromatic heterocycles. The Kier molecular flexibility index (Phi) is 4.44. The molecule has 1 aliphatic heterocycles. The maximum atomic E-state index is 13.3. The number of nitrogens with zero attached hydrogens (tertiary/aromatic N) is 4. The summed E-state index contributed by atoms with van der Waals surface area (Å²) in [6, 6.07) is 14.1. The predicted molar refractivity (Wildman–Crippen MR) is 111 cm³/mol. The van der Waals surface area contributed by atoms with Crippen molar-refractivity contribution in [1.82, 2.24) is 19.9 Å². The molecule has 0 spiro atoms. The largest absolute Gasteiger partial charge is 0.338 e. The van der Waals surface area contributed by atoms with E-state index in [1.165, 1.54) is 0 Å². The summed E-state index contributed by atoms with van der Waals surface area (Å²) in [5.74, 6) is -2.52. The molecule has 0 saturated carbocycles. The monoisotopic (exact) mass is 403 g/mol. The van der Waals surface area contributed by atoms with Crippen molar-refractivity contribution in [1.29, 1.82) is 5.26 Å². The van der Waals surface area contributed by atoms with Crippen LogP contribution in [-0.2, 0) is 6.54 Å². The Morgan fingerprint density at radius 2 is 1.77 bits per heavy atom. The normalized spacial score (nSPS) is 16.7. The van der Waals surface area contributed by atoms with E-state index in [1.54, 1.807) is 12.3 Å². The molecule has 4 aromatic rings. The Hall–Kier alpha value is -3.37. The summed E-state index contributed by atoms with van der Waals surface area (Å²) in [5.41, 5.74) is 5.08. The summed E-state index contributed by atoms with van der Waals surface area (Å²) < 4.78 is 26.7. The van der Waals surface area contributed by atoms with Crippen LogP contribution < -0.4 is 0 Å². The molecule has 7 heteroatoms. The van der Waals surface area contributed by atoms with E-state index in [4.69, 9.17) is 5.26 Å². The molecule has 0 amide bonds. The zero-order chi connectivity index (χ0) is 20.7. The quantitative estimate of drug-likeness (QED) is 0.529. The molecule has 0 atom stereocenters. The lowest BCUT2D eigenvalue weighted by Crippen LogP contribution is -2.38. The number of H-pyrrole nitrogens is 1. The maximum absolute atomic E-state index is 13.3. The molecule has 1 N–H and O–H groups in total. The second kappa shape index (κ2) is 7.15. The second-order valence-electron chi connectivity index (χ2n) is 7.80. The number of aromatic nitrogens is 3. The van der Waals surface area contributed by atoms with Crippen LogP contribution in [0.4, 0.5) is 8.78 Å². The van der Waals surface area contributed by atoms with Crippen LogP contribution in [0, 0.1) is 11.3 Å². The number of alkyl halides is 2. The number of nitrogens with one attached hydrogen (secondary N) is 1. The minimum Gasteiger partial charge on any atom is -0.338 e. The number of halogens is 2. The standard InChI is InChI=1S/C23H19F2N5/c24-23(25)5-7-30(8-6-23)14-15-1-3-16(4-2-15)17-9-20-19-10-18(11-26)27-13-21(19)29-22(20)28-12-17/h1-4,9-10,12-13H,5-8,14H2,(H,28,29). The fourth-order valence-corrected chi connectivity index (χ4v) is 3.99. The van der Waals surface area contributed by atoms with Gasteiger partial charge in [-0.25, -0.2) is 18.7 Å². The predicted octanol–water partition coefficient (Wildman–Crippen LogP) is 4.88. The van der Waals surface area contributed by atoms with E-state index in [9.17, 15) is 8.78 Å². The molecule has 4 heterocycles. The third-order valence-electron chi connectivity index (χ3n) is 5.73. The lowest BCUT2D eigenvalue weighted by Gasteiger charge is -2.31. The van der Waals surface area contributed by atoms with Crippen molar-refractivity contribution in [3.63, 3.8) is 0 Å². The van der Waals surface area contributed by atoms with Crippen molar-refractivity contribution in [3.8, 4) is 17.2 Å². The SMILES string of the molecule is N#Cc1cc2c(cn1)[nH]c1ncc(-c3ccc(CN4CCC(F)(F)CC4)cc3)cc12. The van der Waals surface area contributed by atoms with E-state index in [1.807, 2.05) is 30.5 Å². The summed E-state index contributed by atoms with van der Waals surface area (Å²) in [4.78, 5) is 13.9. The number of benzene rings is 1. The average molecular weight is 403 g/mol. The Balaban J connectivity index is 1.40. The van der Waals surface area contributed by atoms with Crippen molar-refractivity contribution in [2.45, 2.75) is 25.3 Å². The van der Waals surface area contributed by atoms with Crippen LogP contribution in [0.1, 0.15) is 24.1 Å². The molecule has 1 aromatic carbocycles. The summed E-state index contributed by atoms with van der Waals surface area (Å²) in [6.07, 6.45) is 3.34. The van der Waals surface area contributed by atoms with Crippen LogP contribution in [-0.4, -0.2) is 38.9 Å². The van der Waals surface area contributed by atoms with Crippen molar-refractivity contribution in [2.24, 2.45) is 0 Å². The van der Waals surface area contributed by atoms with E-state index >= 15 is 0 Å². The average Bonchev–Trinajstić information content (AvgIpc) is 3.13. The third-order valence-corrected chi connectivity index (χ3v) is 5.73. The van der Waals surface area contributed by atoms with Crippen LogP contribution in [0.3, 0.4) is 0 Å². The van der Waals surface area contributed by atoms with Gasteiger partial charge in [-0.2, -0.15) is 5.26 Å². The molecule has 1 fully saturated rings. The zero-order valence-corrected chi connectivity index (χ0v) is 16.2. The fraction of sp³-hybridized carbons (Fsp3) is 0.261. The molecule has 0 radical (unpaired) electrons. The molecule has 150 valence electrons. The highest BCUT2D eigenvalue weighted by Crippen LogP contribution is 2.30. The smallest absolute Gasteiger partial charge is 0.250 e. The molecule has 0 aliphatic carbocycles. The lowest BCUT2D eigenvalue weighted by molar-refractivity contribution is -0.0566. The van der Waals surface area contributed by atoms with Crippen molar-refractivity contribution in [3.05, 3.63) is 60.0 Å². The summed E-state index contributed by atoms with van der Waals surface area (Å²) in [7, 11) is 0. The zero-order valence-electron chi connectivity index (χ0n) is 16.2. The number of fused-ring (bicyclic) bond motifs is 3. The number of nitriles is 1. The molecular weight excluding hydrogens is 384 g/mol. The summed E-state index contributed by atoms with van der Waals surface area (Å²) in [6.45, 7) is 1.53.